The van der Waals surface area contributed by atoms with E-state index < -0.39 is 0 Å². The molecule has 1 heterocycles. The maximum Gasteiger partial charge on any atom is 0.337 e. The van der Waals surface area contributed by atoms with Crippen LogP contribution in [0.15, 0.2) is 42.6 Å². The largest absolute Gasteiger partial charge is 0.465 e. The van der Waals surface area contributed by atoms with E-state index in [9.17, 15) is 4.79 Å². The Hall–Kier alpha value is -2.36. The number of nitrogens with zero attached hydrogens (tertiary/aromatic N) is 1. The number of carbonyl (C=O) groups excluding carboxylic acids is 1. The predicted octanol–water partition coefficient (Wildman–Crippen LogP) is 2.79. The molecule has 0 bridgehead atoms. The van der Waals surface area contributed by atoms with Crippen LogP contribution in [0.1, 0.15) is 21.6 Å². The second kappa shape index (κ2) is 6.00. The molecule has 0 atom stereocenters. The molecule has 0 fully saturated rings. The molecule has 1 aromatic carbocycles. The van der Waals surface area contributed by atoms with Gasteiger partial charge in [0.25, 0.3) is 0 Å². The van der Waals surface area contributed by atoms with Crippen molar-refractivity contribution in [3.63, 3.8) is 0 Å². The fourth-order valence-electron chi connectivity index (χ4n) is 1.65. The monoisotopic (exact) mass is 256 g/mol. The van der Waals surface area contributed by atoms with Crippen LogP contribution in [0.3, 0.4) is 0 Å². The Morgan fingerprint density at radius 3 is 2.53 bits per heavy atom. The van der Waals surface area contributed by atoms with Gasteiger partial charge < -0.3 is 10.1 Å². The minimum absolute atomic E-state index is 0.317. The zero-order chi connectivity index (χ0) is 13.7. The van der Waals surface area contributed by atoms with Crippen molar-refractivity contribution in [2.75, 3.05) is 12.4 Å². The summed E-state index contributed by atoms with van der Waals surface area (Å²) in [7, 11) is 1.38. The quantitative estimate of drug-likeness (QED) is 0.855. The first-order chi connectivity index (χ1) is 9.19. The van der Waals surface area contributed by atoms with Gasteiger partial charge in [0, 0.05) is 12.2 Å². The number of aromatic nitrogens is 1. The number of nitrogens with one attached hydrogen (secondary N) is 1. The SMILES string of the molecule is COC(=O)c1ccc(CNc2ccc(C)nc2)cc1. The van der Waals surface area contributed by atoms with Crippen LogP contribution in [-0.2, 0) is 11.3 Å². The third-order valence-corrected chi connectivity index (χ3v) is 2.78. The molecular formula is C15H16N2O2. The number of pyridine rings is 1. The highest BCUT2D eigenvalue weighted by atomic mass is 16.5. The Bertz CT molecular complexity index is 547. The highest BCUT2D eigenvalue weighted by Gasteiger charge is 2.04. The minimum atomic E-state index is -0.317. The standard InChI is InChI=1S/C15H16N2O2/c1-11-3-8-14(10-16-11)17-9-12-4-6-13(7-5-12)15(18)19-2/h3-8,10,17H,9H2,1-2H3. The second-order valence-corrected chi connectivity index (χ2v) is 4.23. The van der Waals surface area contributed by atoms with Gasteiger partial charge in [0.2, 0.25) is 0 Å². The van der Waals surface area contributed by atoms with Crippen LogP contribution in [0.4, 0.5) is 5.69 Å². The van der Waals surface area contributed by atoms with Crippen LogP contribution in [0.2, 0.25) is 0 Å². The lowest BCUT2D eigenvalue weighted by atomic mass is 10.1. The van der Waals surface area contributed by atoms with Gasteiger partial charge in [0.05, 0.1) is 24.6 Å². The Morgan fingerprint density at radius 2 is 1.95 bits per heavy atom. The molecule has 0 aliphatic rings. The zero-order valence-corrected chi connectivity index (χ0v) is 11.0. The molecule has 4 nitrogen and oxygen atoms in total. The third-order valence-electron chi connectivity index (χ3n) is 2.78. The first-order valence-corrected chi connectivity index (χ1v) is 6.03. The third kappa shape index (κ3) is 3.55. The normalized spacial score (nSPS) is 10.0. The van der Waals surface area contributed by atoms with Gasteiger partial charge in [-0.15, -0.1) is 0 Å². The number of anilines is 1. The molecule has 0 spiro atoms. The van der Waals surface area contributed by atoms with E-state index in [0.717, 1.165) is 16.9 Å². The van der Waals surface area contributed by atoms with Crippen LogP contribution in [0, 0.1) is 6.92 Å². The molecule has 0 saturated heterocycles. The van der Waals surface area contributed by atoms with Crippen molar-refractivity contribution in [3.8, 4) is 0 Å². The minimum Gasteiger partial charge on any atom is -0.465 e. The van der Waals surface area contributed by atoms with Crippen LogP contribution < -0.4 is 5.32 Å². The molecule has 1 aromatic heterocycles. The summed E-state index contributed by atoms with van der Waals surface area (Å²) in [6.07, 6.45) is 1.80. The maximum atomic E-state index is 11.3. The summed E-state index contributed by atoms with van der Waals surface area (Å²) in [5.74, 6) is -0.317. The van der Waals surface area contributed by atoms with Gasteiger partial charge in [-0.05, 0) is 36.8 Å². The number of hydrogen-bond acceptors (Lipinski definition) is 4. The second-order valence-electron chi connectivity index (χ2n) is 4.23. The van der Waals surface area contributed by atoms with Gasteiger partial charge in [-0.3, -0.25) is 4.98 Å². The number of methoxy groups -OCH3 is 1. The molecule has 0 unspecified atom stereocenters. The van der Waals surface area contributed by atoms with Crippen molar-refractivity contribution in [2.24, 2.45) is 0 Å². The Morgan fingerprint density at radius 1 is 1.21 bits per heavy atom. The summed E-state index contributed by atoms with van der Waals surface area (Å²) in [5, 5.41) is 3.27. The molecule has 2 rings (SSSR count). The molecule has 1 N–H and O–H groups in total. The van der Waals surface area contributed by atoms with Gasteiger partial charge in [0.15, 0.2) is 0 Å². The molecule has 0 saturated carbocycles. The molecule has 19 heavy (non-hydrogen) atoms. The van der Waals surface area contributed by atoms with Crippen LogP contribution in [-0.4, -0.2) is 18.1 Å². The van der Waals surface area contributed by atoms with Crippen molar-refractivity contribution in [1.82, 2.24) is 4.98 Å². The van der Waals surface area contributed by atoms with E-state index in [-0.39, 0.29) is 5.97 Å². The summed E-state index contributed by atoms with van der Waals surface area (Å²) in [5.41, 5.74) is 3.62. The summed E-state index contributed by atoms with van der Waals surface area (Å²) in [4.78, 5) is 15.5. The van der Waals surface area contributed by atoms with E-state index in [1.165, 1.54) is 7.11 Å². The molecule has 0 aliphatic heterocycles. The first-order valence-electron chi connectivity index (χ1n) is 6.03. The van der Waals surface area contributed by atoms with Crippen LogP contribution >= 0.6 is 0 Å². The van der Waals surface area contributed by atoms with Crippen molar-refractivity contribution in [3.05, 3.63) is 59.4 Å². The number of benzene rings is 1. The van der Waals surface area contributed by atoms with E-state index in [1.807, 2.05) is 31.2 Å². The van der Waals surface area contributed by atoms with Crippen molar-refractivity contribution in [2.45, 2.75) is 13.5 Å². The van der Waals surface area contributed by atoms with E-state index in [2.05, 4.69) is 15.0 Å². The van der Waals surface area contributed by atoms with E-state index >= 15 is 0 Å². The Labute approximate surface area is 112 Å². The van der Waals surface area contributed by atoms with E-state index in [4.69, 9.17) is 0 Å². The average molecular weight is 256 g/mol. The summed E-state index contributed by atoms with van der Waals surface area (Å²) in [6.45, 7) is 2.64. The molecule has 0 radical (unpaired) electrons. The summed E-state index contributed by atoms with van der Waals surface area (Å²) < 4.78 is 4.65. The predicted molar refractivity (Wildman–Crippen MR) is 74.1 cm³/mol. The fraction of sp³-hybridized carbons (Fsp3) is 0.200. The summed E-state index contributed by atoms with van der Waals surface area (Å²) >= 11 is 0. The molecule has 98 valence electrons. The molecule has 4 heteroatoms. The highest BCUT2D eigenvalue weighted by Crippen LogP contribution is 2.10. The zero-order valence-electron chi connectivity index (χ0n) is 11.0. The lowest BCUT2D eigenvalue weighted by molar-refractivity contribution is 0.0600. The van der Waals surface area contributed by atoms with Crippen molar-refractivity contribution >= 4 is 11.7 Å². The van der Waals surface area contributed by atoms with Gasteiger partial charge in [-0.1, -0.05) is 12.1 Å². The summed E-state index contributed by atoms with van der Waals surface area (Å²) in [6, 6.07) is 11.3. The Kier molecular flexibility index (Phi) is 4.13. The Balaban J connectivity index is 1.96. The van der Waals surface area contributed by atoms with Gasteiger partial charge >= 0.3 is 5.97 Å². The molecular weight excluding hydrogens is 240 g/mol. The smallest absolute Gasteiger partial charge is 0.337 e. The number of rotatable bonds is 4. The number of aryl methyl sites for hydroxylation is 1. The van der Waals surface area contributed by atoms with Crippen LogP contribution in [0.5, 0.6) is 0 Å². The number of esters is 1. The lowest BCUT2D eigenvalue weighted by Gasteiger charge is -2.07. The number of hydrogen-bond donors (Lipinski definition) is 1. The van der Waals surface area contributed by atoms with Gasteiger partial charge in [0.1, 0.15) is 0 Å². The van der Waals surface area contributed by atoms with E-state index in [0.29, 0.717) is 12.1 Å². The van der Waals surface area contributed by atoms with Gasteiger partial charge in [-0.25, -0.2) is 4.79 Å². The molecule has 0 aliphatic carbocycles. The van der Waals surface area contributed by atoms with Crippen LogP contribution in [0.25, 0.3) is 0 Å². The first kappa shape index (κ1) is 13.1. The van der Waals surface area contributed by atoms with Gasteiger partial charge in [-0.2, -0.15) is 0 Å². The number of carbonyl (C=O) groups is 1. The lowest BCUT2D eigenvalue weighted by Crippen LogP contribution is -2.03. The molecule has 0 amide bonds. The highest BCUT2D eigenvalue weighted by molar-refractivity contribution is 5.89. The van der Waals surface area contributed by atoms with Crippen molar-refractivity contribution < 1.29 is 9.53 Å². The average Bonchev–Trinajstić information content (AvgIpc) is 2.46. The van der Waals surface area contributed by atoms with Crippen molar-refractivity contribution in [1.29, 1.82) is 0 Å². The van der Waals surface area contributed by atoms with E-state index in [1.54, 1.807) is 18.3 Å². The maximum absolute atomic E-state index is 11.3. The topological polar surface area (TPSA) is 51.2 Å². The number of ether oxygens (including phenoxy) is 1. The molecule has 2 aromatic rings. The fourth-order valence-corrected chi connectivity index (χ4v) is 1.65.